The molecule has 12 heteroatoms. The number of aromatic nitrogens is 1. The van der Waals surface area contributed by atoms with Crippen molar-refractivity contribution in [2.75, 3.05) is 0 Å². The van der Waals surface area contributed by atoms with Gasteiger partial charge in [-0.2, -0.15) is 0 Å². The number of carbonyl (C=O) groups is 5. The summed E-state index contributed by atoms with van der Waals surface area (Å²) >= 11 is 0. The third kappa shape index (κ3) is 10.2. The summed E-state index contributed by atoms with van der Waals surface area (Å²) in [6, 6.07) is 12.2. The third-order valence-corrected chi connectivity index (χ3v) is 6.94. The van der Waals surface area contributed by atoms with Crippen LogP contribution >= 0.6 is 0 Å². The molecule has 0 fully saturated rings. The summed E-state index contributed by atoms with van der Waals surface area (Å²) in [5.74, 6) is -3.98. The van der Waals surface area contributed by atoms with Crippen molar-refractivity contribution in [1.29, 1.82) is 0 Å². The fraction of sp³-hybridized carbons (Fsp3) is 0.382. The number of ether oxygens (including phenoxy) is 2. The molecule has 0 aliphatic heterocycles. The monoisotopic (exact) mass is 634 g/mol. The predicted molar refractivity (Wildman–Crippen MR) is 172 cm³/mol. The molecule has 1 aromatic heterocycles. The van der Waals surface area contributed by atoms with Crippen LogP contribution in [0, 0.1) is 5.92 Å². The van der Waals surface area contributed by atoms with Gasteiger partial charge in [0.1, 0.15) is 30.3 Å². The van der Waals surface area contributed by atoms with Gasteiger partial charge >= 0.3 is 18.0 Å². The highest BCUT2D eigenvalue weighted by Crippen LogP contribution is 2.26. The number of hydrogen-bond donors (Lipinski definition) is 5. The number of aromatic amines is 1. The summed E-state index contributed by atoms with van der Waals surface area (Å²) in [6.07, 6.45) is 0.277. The molecule has 0 saturated heterocycles. The van der Waals surface area contributed by atoms with Crippen molar-refractivity contribution < 1.29 is 38.6 Å². The Morgan fingerprint density at radius 2 is 1.57 bits per heavy atom. The van der Waals surface area contributed by atoms with Gasteiger partial charge in [-0.1, -0.05) is 69.0 Å². The van der Waals surface area contributed by atoms with Crippen LogP contribution in [0.15, 0.2) is 67.4 Å². The van der Waals surface area contributed by atoms with Gasteiger partial charge in [0.15, 0.2) is 0 Å². The Kier molecular flexibility index (Phi) is 12.1. The van der Waals surface area contributed by atoms with Gasteiger partial charge in [-0.25, -0.2) is 9.59 Å². The lowest BCUT2D eigenvalue weighted by Crippen LogP contribution is -2.56. The quantitative estimate of drug-likeness (QED) is 0.163. The SMILES string of the molecule is C=C(c1c[nH]c2ccccc12)[C@H](NC(=O)OCc1ccccc1)C(=O)N[C@@H](CCC(=O)OC(C)(C)C)C(=O)NC(C(=O)O)C(C)C. The van der Waals surface area contributed by atoms with Crippen LogP contribution in [-0.2, 0) is 35.3 Å². The van der Waals surface area contributed by atoms with E-state index in [1.165, 1.54) is 0 Å². The summed E-state index contributed by atoms with van der Waals surface area (Å²) < 4.78 is 10.7. The molecule has 0 radical (unpaired) electrons. The van der Waals surface area contributed by atoms with Crippen molar-refractivity contribution in [3.05, 3.63) is 78.5 Å². The minimum atomic E-state index is -1.42. The Balaban J connectivity index is 1.89. The Morgan fingerprint density at radius 3 is 2.20 bits per heavy atom. The number of carboxylic acids is 1. The number of fused-ring (bicyclic) bond motifs is 1. The van der Waals surface area contributed by atoms with E-state index in [1.807, 2.05) is 30.3 Å². The number of rotatable bonds is 14. The van der Waals surface area contributed by atoms with Crippen molar-refractivity contribution in [2.24, 2.45) is 5.92 Å². The van der Waals surface area contributed by atoms with E-state index in [1.54, 1.807) is 65.1 Å². The maximum Gasteiger partial charge on any atom is 0.408 e. The molecule has 246 valence electrons. The molecule has 3 aromatic rings. The number of aliphatic carboxylic acids is 1. The molecule has 5 N–H and O–H groups in total. The molecule has 0 spiro atoms. The lowest BCUT2D eigenvalue weighted by molar-refractivity contribution is -0.155. The first-order chi connectivity index (χ1) is 21.7. The standard InChI is InChI=1S/C34H42N4O8/c1-20(2)28(32(42)43)37-30(40)26(16-17-27(39)46-34(4,5)6)36-31(41)29(38-33(44)45-19-22-12-8-7-9-13-22)21(3)24-18-35-25-15-11-10-14-23(24)25/h7-15,18,20,26,28-29,35H,3,16-17,19H2,1-2,4-6H3,(H,36,41)(H,37,40)(H,38,44)(H,42,43)/t26-,28?,29-/m0/s1. The first kappa shape index (κ1) is 35.4. The maximum atomic E-state index is 13.9. The van der Waals surface area contributed by atoms with Gasteiger partial charge < -0.3 is 35.5 Å². The Bertz CT molecular complexity index is 1560. The molecule has 0 saturated carbocycles. The molecule has 0 aliphatic carbocycles. The fourth-order valence-corrected chi connectivity index (χ4v) is 4.63. The van der Waals surface area contributed by atoms with Crippen LogP contribution in [0.5, 0.6) is 0 Å². The smallest absolute Gasteiger partial charge is 0.408 e. The summed E-state index contributed by atoms with van der Waals surface area (Å²) in [5.41, 5.74) is 1.46. The van der Waals surface area contributed by atoms with E-state index in [0.29, 0.717) is 5.56 Å². The van der Waals surface area contributed by atoms with Crippen molar-refractivity contribution in [2.45, 2.75) is 77.8 Å². The van der Waals surface area contributed by atoms with Gasteiger partial charge in [-0.05, 0) is 50.3 Å². The van der Waals surface area contributed by atoms with Crippen molar-refractivity contribution in [3.63, 3.8) is 0 Å². The second-order valence-electron chi connectivity index (χ2n) is 12.2. The molecular weight excluding hydrogens is 592 g/mol. The van der Waals surface area contributed by atoms with Crippen molar-refractivity contribution in [1.82, 2.24) is 20.9 Å². The minimum Gasteiger partial charge on any atom is -0.480 e. The Morgan fingerprint density at radius 1 is 0.913 bits per heavy atom. The molecule has 3 atom stereocenters. The highest BCUT2D eigenvalue weighted by atomic mass is 16.6. The lowest BCUT2D eigenvalue weighted by atomic mass is 9.98. The Hall–Kier alpha value is -5.13. The number of carbonyl (C=O) groups excluding carboxylic acids is 4. The van der Waals surface area contributed by atoms with Crippen molar-refractivity contribution in [3.8, 4) is 0 Å². The van der Waals surface area contributed by atoms with E-state index >= 15 is 0 Å². The average molecular weight is 635 g/mol. The van der Waals surface area contributed by atoms with Gasteiger partial charge in [0.25, 0.3) is 0 Å². The van der Waals surface area contributed by atoms with E-state index in [2.05, 4.69) is 27.5 Å². The number of para-hydroxylation sites is 1. The fourth-order valence-electron chi connectivity index (χ4n) is 4.63. The number of alkyl carbamates (subject to hydrolysis) is 1. The Labute approximate surface area is 267 Å². The lowest BCUT2D eigenvalue weighted by Gasteiger charge is -2.26. The van der Waals surface area contributed by atoms with Crippen LogP contribution in [0.1, 0.15) is 58.6 Å². The second kappa shape index (κ2) is 15.7. The van der Waals surface area contributed by atoms with Gasteiger partial charge in [0, 0.05) is 29.1 Å². The maximum absolute atomic E-state index is 13.9. The molecule has 1 unspecified atom stereocenters. The summed E-state index contributed by atoms with van der Waals surface area (Å²) in [4.78, 5) is 67.7. The van der Waals surface area contributed by atoms with Crippen LogP contribution in [0.4, 0.5) is 4.79 Å². The topological polar surface area (TPSA) is 176 Å². The summed E-state index contributed by atoms with van der Waals surface area (Å²) in [6.45, 7) is 12.4. The van der Waals surface area contributed by atoms with E-state index in [9.17, 15) is 29.1 Å². The van der Waals surface area contributed by atoms with E-state index in [0.717, 1.165) is 16.5 Å². The second-order valence-corrected chi connectivity index (χ2v) is 12.2. The van der Waals surface area contributed by atoms with E-state index in [-0.39, 0.29) is 25.0 Å². The van der Waals surface area contributed by atoms with Crippen LogP contribution in [0.2, 0.25) is 0 Å². The number of nitrogens with one attached hydrogen (secondary N) is 4. The first-order valence-corrected chi connectivity index (χ1v) is 14.9. The summed E-state index contributed by atoms with van der Waals surface area (Å²) in [7, 11) is 0. The van der Waals surface area contributed by atoms with Crippen LogP contribution in [-0.4, -0.2) is 63.7 Å². The van der Waals surface area contributed by atoms with E-state index in [4.69, 9.17) is 9.47 Å². The highest BCUT2D eigenvalue weighted by Gasteiger charge is 2.33. The number of amides is 3. The number of carboxylic acid groups (broad SMARTS) is 1. The van der Waals surface area contributed by atoms with Crippen LogP contribution in [0.25, 0.3) is 16.5 Å². The number of esters is 1. The van der Waals surface area contributed by atoms with Gasteiger partial charge in [-0.15, -0.1) is 0 Å². The molecule has 3 rings (SSSR count). The predicted octanol–water partition coefficient (Wildman–Crippen LogP) is 4.31. The molecule has 46 heavy (non-hydrogen) atoms. The highest BCUT2D eigenvalue weighted by molar-refractivity contribution is 6.04. The van der Waals surface area contributed by atoms with Crippen molar-refractivity contribution >= 4 is 46.3 Å². The summed E-state index contributed by atoms with van der Waals surface area (Å²) in [5, 5.41) is 18.0. The first-order valence-electron chi connectivity index (χ1n) is 14.9. The van der Waals surface area contributed by atoms with Gasteiger partial charge in [0.2, 0.25) is 11.8 Å². The number of H-pyrrole nitrogens is 1. The average Bonchev–Trinajstić information content (AvgIpc) is 3.42. The van der Waals surface area contributed by atoms with E-state index < -0.39 is 59.5 Å². The normalized spacial score (nSPS) is 13.3. The van der Waals surface area contributed by atoms with Gasteiger partial charge in [0.05, 0.1) is 0 Å². The zero-order valence-electron chi connectivity index (χ0n) is 26.7. The largest absolute Gasteiger partial charge is 0.480 e. The van der Waals surface area contributed by atoms with Crippen LogP contribution < -0.4 is 16.0 Å². The molecule has 2 aromatic carbocycles. The molecule has 0 aliphatic rings. The number of benzene rings is 2. The number of hydrogen-bond acceptors (Lipinski definition) is 7. The molecule has 1 heterocycles. The molecule has 0 bridgehead atoms. The zero-order valence-corrected chi connectivity index (χ0v) is 26.7. The minimum absolute atomic E-state index is 0.0622. The molecule has 12 nitrogen and oxygen atoms in total. The molecule has 3 amide bonds. The van der Waals surface area contributed by atoms with Gasteiger partial charge in [-0.3, -0.25) is 14.4 Å². The van der Waals surface area contributed by atoms with Crippen LogP contribution in [0.3, 0.4) is 0 Å². The zero-order chi connectivity index (χ0) is 34.0. The third-order valence-electron chi connectivity index (χ3n) is 6.94. The molecular formula is C34H42N4O8.